The topological polar surface area (TPSA) is 30.5 Å². The summed E-state index contributed by atoms with van der Waals surface area (Å²) in [5, 5.41) is 3.46. The minimum absolute atomic E-state index is 0.528. The third-order valence-corrected chi connectivity index (χ3v) is 3.79. The highest BCUT2D eigenvalue weighted by atomic mass is 79.9. The number of ether oxygens (including phenoxy) is 2. The highest BCUT2D eigenvalue weighted by Gasteiger charge is 2.11. The summed E-state index contributed by atoms with van der Waals surface area (Å²) in [7, 11) is 1.73. The van der Waals surface area contributed by atoms with E-state index in [0.717, 1.165) is 50.2 Å². The van der Waals surface area contributed by atoms with Crippen LogP contribution in [0.1, 0.15) is 31.2 Å². The largest absolute Gasteiger partial charge is 0.383 e. The van der Waals surface area contributed by atoms with Gasteiger partial charge in [0.2, 0.25) is 0 Å². The van der Waals surface area contributed by atoms with Gasteiger partial charge in [0.1, 0.15) is 0 Å². The first kappa shape index (κ1) is 17.6. The molecule has 0 saturated carbocycles. The molecule has 1 aromatic carbocycles. The quantitative estimate of drug-likeness (QED) is 0.623. The molecule has 0 fully saturated rings. The first-order valence-corrected chi connectivity index (χ1v) is 8.10. The summed E-state index contributed by atoms with van der Waals surface area (Å²) in [6.07, 6.45) is 2.24. The molecule has 0 spiro atoms. The van der Waals surface area contributed by atoms with E-state index in [1.54, 1.807) is 7.11 Å². The average molecular weight is 344 g/mol. The van der Waals surface area contributed by atoms with Crippen molar-refractivity contribution >= 4 is 15.9 Å². The molecule has 1 atom stereocenters. The van der Waals surface area contributed by atoms with Crippen molar-refractivity contribution in [3.63, 3.8) is 0 Å². The highest BCUT2D eigenvalue weighted by molar-refractivity contribution is 9.10. The molecule has 1 unspecified atom stereocenters. The smallest absolute Gasteiger partial charge is 0.0587 e. The third kappa shape index (κ3) is 7.39. The van der Waals surface area contributed by atoms with E-state index < -0.39 is 0 Å². The number of methoxy groups -OCH3 is 1. The summed E-state index contributed by atoms with van der Waals surface area (Å²) in [6.45, 7) is 6.33. The van der Waals surface area contributed by atoms with Crippen LogP contribution in [0.3, 0.4) is 0 Å². The van der Waals surface area contributed by atoms with E-state index in [9.17, 15) is 0 Å². The van der Waals surface area contributed by atoms with Crippen LogP contribution in [-0.4, -0.2) is 40.0 Å². The number of halogens is 1. The Kier molecular flexibility index (Phi) is 9.93. The fraction of sp³-hybridized carbons (Fsp3) is 0.625. The predicted octanol–water partition coefficient (Wildman–Crippen LogP) is 3.59. The van der Waals surface area contributed by atoms with E-state index in [4.69, 9.17) is 9.47 Å². The van der Waals surface area contributed by atoms with Crippen molar-refractivity contribution in [3.8, 4) is 0 Å². The van der Waals surface area contributed by atoms with E-state index >= 15 is 0 Å². The molecule has 0 aliphatic rings. The van der Waals surface area contributed by atoms with Gasteiger partial charge in [0.15, 0.2) is 0 Å². The second-order valence-corrected chi connectivity index (χ2v) is 5.70. The summed E-state index contributed by atoms with van der Waals surface area (Å²) in [5.74, 6) is 0.528. The van der Waals surface area contributed by atoms with E-state index in [2.05, 4.69) is 45.5 Å². The van der Waals surface area contributed by atoms with Gasteiger partial charge in [-0.15, -0.1) is 0 Å². The Balaban J connectivity index is 2.47. The van der Waals surface area contributed by atoms with Gasteiger partial charge in [-0.25, -0.2) is 0 Å². The standard InChI is InChI=1S/C16H26BrNO2/c1-3-20-11-4-5-15(13-18-10-12-19-2)14-6-8-16(17)9-7-14/h6-9,15,18H,3-5,10-13H2,1-2H3. The Hall–Kier alpha value is -0.420. The zero-order chi connectivity index (χ0) is 14.6. The van der Waals surface area contributed by atoms with Crippen LogP contribution in [0.15, 0.2) is 28.7 Å². The number of hydrogen-bond donors (Lipinski definition) is 1. The number of hydrogen-bond acceptors (Lipinski definition) is 3. The van der Waals surface area contributed by atoms with Crippen molar-refractivity contribution in [2.45, 2.75) is 25.7 Å². The lowest BCUT2D eigenvalue weighted by molar-refractivity contribution is 0.141. The van der Waals surface area contributed by atoms with E-state index in [0.29, 0.717) is 5.92 Å². The van der Waals surface area contributed by atoms with Gasteiger partial charge in [0, 0.05) is 37.9 Å². The normalized spacial score (nSPS) is 12.6. The van der Waals surface area contributed by atoms with E-state index in [-0.39, 0.29) is 0 Å². The molecule has 0 heterocycles. The lowest BCUT2D eigenvalue weighted by Crippen LogP contribution is -2.25. The van der Waals surface area contributed by atoms with Crippen LogP contribution >= 0.6 is 15.9 Å². The molecule has 0 aliphatic carbocycles. The number of nitrogens with one attached hydrogen (secondary N) is 1. The summed E-state index contributed by atoms with van der Waals surface area (Å²) in [4.78, 5) is 0. The van der Waals surface area contributed by atoms with Crippen molar-refractivity contribution < 1.29 is 9.47 Å². The molecule has 0 radical (unpaired) electrons. The van der Waals surface area contributed by atoms with Crippen molar-refractivity contribution in [2.24, 2.45) is 0 Å². The Morgan fingerprint density at radius 2 is 1.95 bits per heavy atom. The first-order chi connectivity index (χ1) is 9.77. The summed E-state index contributed by atoms with van der Waals surface area (Å²) >= 11 is 3.49. The Morgan fingerprint density at radius 3 is 2.60 bits per heavy atom. The van der Waals surface area contributed by atoms with Crippen LogP contribution in [0.5, 0.6) is 0 Å². The molecule has 20 heavy (non-hydrogen) atoms. The minimum Gasteiger partial charge on any atom is -0.383 e. The van der Waals surface area contributed by atoms with Crippen LogP contribution in [0.2, 0.25) is 0 Å². The lowest BCUT2D eigenvalue weighted by atomic mass is 9.94. The molecule has 1 aromatic rings. The molecule has 0 aromatic heterocycles. The molecule has 0 saturated heterocycles. The van der Waals surface area contributed by atoms with Crippen LogP contribution in [0.4, 0.5) is 0 Å². The molecular weight excluding hydrogens is 318 g/mol. The van der Waals surface area contributed by atoms with Crippen LogP contribution in [-0.2, 0) is 9.47 Å². The number of benzene rings is 1. The van der Waals surface area contributed by atoms with Crippen molar-refractivity contribution in [2.75, 3.05) is 40.0 Å². The van der Waals surface area contributed by atoms with Gasteiger partial charge in [-0.1, -0.05) is 28.1 Å². The molecule has 1 N–H and O–H groups in total. The fourth-order valence-electron chi connectivity index (χ4n) is 2.15. The zero-order valence-corrected chi connectivity index (χ0v) is 14.1. The van der Waals surface area contributed by atoms with Crippen molar-refractivity contribution in [1.82, 2.24) is 5.32 Å². The maximum Gasteiger partial charge on any atom is 0.0587 e. The summed E-state index contributed by atoms with van der Waals surface area (Å²) in [5.41, 5.74) is 1.38. The van der Waals surface area contributed by atoms with Crippen LogP contribution < -0.4 is 5.32 Å². The lowest BCUT2D eigenvalue weighted by Gasteiger charge is -2.18. The molecule has 0 bridgehead atoms. The Morgan fingerprint density at radius 1 is 1.20 bits per heavy atom. The average Bonchev–Trinajstić information content (AvgIpc) is 2.47. The number of rotatable bonds is 11. The van der Waals surface area contributed by atoms with Gasteiger partial charge in [-0.05, 0) is 43.4 Å². The second-order valence-electron chi connectivity index (χ2n) is 4.78. The first-order valence-electron chi connectivity index (χ1n) is 7.30. The van der Waals surface area contributed by atoms with Gasteiger partial charge in [-0.3, -0.25) is 0 Å². The molecule has 4 heteroatoms. The molecular formula is C16H26BrNO2. The molecule has 114 valence electrons. The van der Waals surface area contributed by atoms with Crippen molar-refractivity contribution in [3.05, 3.63) is 34.3 Å². The SMILES string of the molecule is CCOCCCC(CNCCOC)c1ccc(Br)cc1. The summed E-state index contributed by atoms with van der Waals surface area (Å²) in [6, 6.07) is 8.63. The maximum atomic E-state index is 5.43. The van der Waals surface area contributed by atoms with Gasteiger partial charge in [0.05, 0.1) is 6.61 Å². The van der Waals surface area contributed by atoms with Gasteiger partial charge < -0.3 is 14.8 Å². The maximum absolute atomic E-state index is 5.43. The Labute approximate surface area is 131 Å². The minimum atomic E-state index is 0.528. The Bertz CT molecular complexity index is 331. The van der Waals surface area contributed by atoms with Crippen LogP contribution in [0, 0.1) is 0 Å². The second kappa shape index (κ2) is 11.3. The van der Waals surface area contributed by atoms with Crippen molar-refractivity contribution in [1.29, 1.82) is 0 Å². The molecule has 0 amide bonds. The monoisotopic (exact) mass is 343 g/mol. The van der Waals surface area contributed by atoms with E-state index in [1.165, 1.54) is 5.56 Å². The summed E-state index contributed by atoms with van der Waals surface area (Å²) < 4.78 is 11.6. The third-order valence-electron chi connectivity index (χ3n) is 3.26. The molecule has 3 nitrogen and oxygen atoms in total. The predicted molar refractivity (Wildman–Crippen MR) is 87.4 cm³/mol. The van der Waals surface area contributed by atoms with Gasteiger partial charge in [-0.2, -0.15) is 0 Å². The highest BCUT2D eigenvalue weighted by Crippen LogP contribution is 2.22. The molecule has 0 aliphatic heterocycles. The van der Waals surface area contributed by atoms with E-state index in [1.807, 2.05) is 6.92 Å². The molecule has 1 rings (SSSR count). The van der Waals surface area contributed by atoms with Gasteiger partial charge in [0.25, 0.3) is 0 Å². The zero-order valence-electron chi connectivity index (χ0n) is 12.5. The van der Waals surface area contributed by atoms with Gasteiger partial charge >= 0.3 is 0 Å². The fourth-order valence-corrected chi connectivity index (χ4v) is 2.41. The van der Waals surface area contributed by atoms with Crippen LogP contribution in [0.25, 0.3) is 0 Å².